The van der Waals surface area contributed by atoms with Crippen LogP contribution in [0.5, 0.6) is 17.4 Å². The van der Waals surface area contributed by atoms with Crippen molar-refractivity contribution >= 4 is 6.09 Å². The van der Waals surface area contributed by atoms with E-state index in [-0.39, 0.29) is 11.9 Å². The molecule has 1 N–H and O–H groups in total. The lowest BCUT2D eigenvalue weighted by Gasteiger charge is -2.34. The van der Waals surface area contributed by atoms with E-state index in [1.54, 1.807) is 35.4 Å². The number of rotatable bonds is 8. The van der Waals surface area contributed by atoms with Crippen molar-refractivity contribution in [3.8, 4) is 17.4 Å². The van der Waals surface area contributed by atoms with E-state index in [9.17, 15) is 18.0 Å². The van der Waals surface area contributed by atoms with Gasteiger partial charge in [-0.05, 0) is 67.1 Å². The minimum absolute atomic E-state index is 0.0297. The molecule has 1 aromatic carbocycles. The topological polar surface area (TPSA) is 76.6 Å². The molecule has 2 aliphatic rings. The fraction of sp³-hybridized carbons (Fsp3) is 0.393. The Bertz CT molecular complexity index is 1190. The average molecular weight is 527 g/mol. The second-order valence-corrected chi connectivity index (χ2v) is 9.77. The van der Waals surface area contributed by atoms with E-state index >= 15 is 0 Å². The number of hydrogen-bond donors (Lipinski definition) is 1. The molecule has 0 radical (unpaired) electrons. The first-order chi connectivity index (χ1) is 18.3. The van der Waals surface area contributed by atoms with Crippen molar-refractivity contribution in [1.82, 2.24) is 20.2 Å². The van der Waals surface area contributed by atoms with Gasteiger partial charge in [-0.1, -0.05) is 18.9 Å². The van der Waals surface area contributed by atoms with Crippen LogP contribution in [-0.2, 0) is 6.18 Å². The molecule has 0 spiro atoms. The number of nitrogens with zero attached hydrogens (tertiary/aromatic N) is 3. The lowest BCUT2D eigenvalue weighted by molar-refractivity contribution is -0.137. The molecule has 3 heterocycles. The van der Waals surface area contributed by atoms with Gasteiger partial charge in [-0.2, -0.15) is 13.2 Å². The van der Waals surface area contributed by atoms with Crippen LogP contribution in [0.4, 0.5) is 18.0 Å². The number of alkyl halides is 3. The molecule has 38 heavy (non-hydrogen) atoms. The monoisotopic (exact) mass is 526 g/mol. The van der Waals surface area contributed by atoms with Gasteiger partial charge in [0.25, 0.3) is 0 Å². The van der Waals surface area contributed by atoms with Crippen LogP contribution in [0, 0.1) is 5.92 Å². The Hall–Kier alpha value is -3.66. The number of carbonyl (C=O) groups is 1. The molecule has 2 aromatic heterocycles. The molecule has 1 saturated heterocycles. The first kappa shape index (κ1) is 26.0. The molecule has 3 aromatic rings. The van der Waals surface area contributed by atoms with Gasteiger partial charge in [0.2, 0.25) is 5.88 Å². The normalized spacial score (nSPS) is 17.2. The second kappa shape index (κ2) is 11.4. The molecule has 10 heteroatoms. The van der Waals surface area contributed by atoms with Crippen molar-refractivity contribution in [3.05, 3.63) is 78.2 Å². The number of carbonyl (C=O) groups excluding carboxylic acids is 1. The summed E-state index contributed by atoms with van der Waals surface area (Å²) in [5.41, 5.74) is 0.362. The van der Waals surface area contributed by atoms with Crippen LogP contribution in [0.3, 0.4) is 0 Å². The maximum absolute atomic E-state index is 12.7. The van der Waals surface area contributed by atoms with Crippen LogP contribution in [0.15, 0.2) is 67.1 Å². The highest BCUT2D eigenvalue weighted by molar-refractivity contribution is 5.70. The van der Waals surface area contributed by atoms with Gasteiger partial charge in [-0.25, -0.2) is 9.78 Å². The highest BCUT2D eigenvalue weighted by atomic mass is 19.4. The number of benzene rings is 1. The van der Waals surface area contributed by atoms with Gasteiger partial charge < -0.3 is 19.7 Å². The zero-order valence-corrected chi connectivity index (χ0v) is 20.7. The number of pyridine rings is 2. The lowest BCUT2D eigenvalue weighted by Crippen LogP contribution is -2.46. The Morgan fingerprint density at radius 3 is 2.34 bits per heavy atom. The van der Waals surface area contributed by atoms with Crippen LogP contribution in [-0.4, -0.2) is 40.1 Å². The third kappa shape index (κ3) is 7.00. The van der Waals surface area contributed by atoms with E-state index in [0.717, 1.165) is 43.5 Å². The number of aromatic nitrogens is 2. The molecular weight excluding hydrogens is 497 g/mol. The van der Waals surface area contributed by atoms with Crippen LogP contribution in [0.25, 0.3) is 0 Å². The number of likely N-dealkylation sites (tertiary alicyclic amines) is 1. The molecule has 1 aliphatic carbocycles. The van der Waals surface area contributed by atoms with Gasteiger partial charge in [-0.15, -0.1) is 0 Å². The highest BCUT2D eigenvalue weighted by Crippen LogP contribution is 2.38. The standard InChI is InChI=1S/C28H29F3N4O3/c29-28(30,31)21-5-10-26(33-18-21)37-23-6-8-24(9-7-23)38-27(36)35-14-11-22(12-15-35)34-25(16-19-3-4-19)20-2-1-13-32-17-20/h1-2,5-10,13,17-19,22,25,34H,3-4,11-12,14-16H2. The van der Waals surface area contributed by atoms with Crippen molar-refractivity contribution in [3.63, 3.8) is 0 Å². The second-order valence-electron chi connectivity index (χ2n) is 9.77. The van der Waals surface area contributed by atoms with Crippen molar-refractivity contribution in [2.24, 2.45) is 5.92 Å². The Kier molecular flexibility index (Phi) is 7.78. The molecule has 0 bridgehead atoms. The quantitative estimate of drug-likeness (QED) is 0.367. The van der Waals surface area contributed by atoms with E-state index in [4.69, 9.17) is 9.47 Å². The molecule has 7 nitrogen and oxygen atoms in total. The molecule has 5 rings (SSSR count). The first-order valence-corrected chi connectivity index (χ1v) is 12.8. The first-order valence-electron chi connectivity index (χ1n) is 12.8. The summed E-state index contributed by atoms with van der Waals surface area (Å²) in [6.07, 6.45) is 4.95. The largest absolute Gasteiger partial charge is 0.439 e. The third-order valence-corrected chi connectivity index (χ3v) is 6.86. The fourth-order valence-electron chi connectivity index (χ4n) is 4.55. The fourth-order valence-corrected chi connectivity index (χ4v) is 4.55. The maximum atomic E-state index is 12.7. The molecule has 2 fully saturated rings. The lowest BCUT2D eigenvalue weighted by atomic mass is 9.98. The molecule has 1 unspecified atom stereocenters. The molecule has 1 aliphatic heterocycles. The molecular formula is C28H29F3N4O3. The summed E-state index contributed by atoms with van der Waals surface area (Å²) < 4.78 is 49.0. The average Bonchev–Trinajstić information content (AvgIpc) is 3.74. The number of ether oxygens (including phenoxy) is 2. The molecule has 1 saturated carbocycles. The summed E-state index contributed by atoms with van der Waals surface area (Å²) in [7, 11) is 0. The van der Waals surface area contributed by atoms with E-state index in [1.165, 1.54) is 18.4 Å². The third-order valence-electron chi connectivity index (χ3n) is 6.86. The molecule has 1 amide bonds. The van der Waals surface area contributed by atoms with Crippen molar-refractivity contribution in [2.45, 2.75) is 50.4 Å². The summed E-state index contributed by atoms with van der Waals surface area (Å²) in [5.74, 6) is 1.52. The minimum atomic E-state index is -4.46. The predicted octanol–water partition coefficient (Wildman–Crippen LogP) is 6.38. The summed E-state index contributed by atoms with van der Waals surface area (Å²) >= 11 is 0. The van der Waals surface area contributed by atoms with Crippen molar-refractivity contribution in [2.75, 3.05) is 13.1 Å². The van der Waals surface area contributed by atoms with Gasteiger partial charge >= 0.3 is 12.3 Å². The minimum Gasteiger partial charge on any atom is -0.439 e. The molecule has 1 atom stereocenters. The van der Waals surface area contributed by atoms with E-state index in [2.05, 4.69) is 21.4 Å². The van der Waals surface area contributed by atoms with E-state index < -0.39 is 17.8 Å². The number of amides is 1. The number of nitrogens with one attached hydrogen (secondary N) is 1. The highest BCUT2D eigenvalue weighted by Gasteiger charge is 2.31. The van der Waals surface area contributed by atoms with Gasteiger partial charge in [-0.3, -0.25) is 4.98 Å². The van der Waals surface area contributed by atoms with Crippen molar-refractivity contribution < 1.29 is 27.4 Å². The predicted molar refractivity (Wildman–Crippen MR) is 134 cm³/mol. The summed E-state index contributed by atoms with van der Waals surface area (Å²) in [6.45, 7) is 1.20. The van der Waals surface area contributed by atoms with Gasteiger partial charge in [0.1, 0.15) is 11.5 Å². The number of halogens is 3. The summed E-state index contributed by atoms with van der Waals surface area (Å²) in [5, 5.41) is 3.80. The van der Waals surface area contributed by atoms with E-state index in [0.29, 0.717) is 30.6 Å². The van der Waals surface area contributed by atoms with Gasteiger partial charge in [0, 0.05) is 49.8 Å². The Morgan fingerprint density at radius 2 is 1.74 bits per heavy atom. The van der Waals surface area contributed by atoms with E-state index in [1.807, 2.05) is 12.3 Å². The molecule has 200 valence electrons. The van der Waals surface area contributed by atoms with Crippen LogP contribution < -0.4 is 14.8 Å². The number of piperidine rings is 1. The Morgan fingerprint density at radius 1 is 1.00 bits per heavy atom. The van der Waals surface area contributed by atoms with Crippen LogP contribution in [0.1, 0.15) is 49.3 Å². The van der Waals surface area contributed by atoms with Gasteiger partial charge in [0.15, 0.2) is 0 Å². The smallest absolute Gasteiger partial charge is 0.417 e. The Balaban J connectivity index is 1.09. The zero-order valence-electron chi connectivity index (χ0n) is 20.7. The SMILES string of the molecule is O=C(Oc1ccc(Oc2ccc(C(F)(F)F)cn2)cc1)N1CCC(NC(CC2CC2)c2cccnc2)CC1. The summed E-state index contributed by atoms with van der Waals surface area (Å²) in [4.78, 5) is 22.4. The Labute approximate surface area is 219 Å². The zero-order chi connectivity index (χ0) is 26.5. The maximum Gasteiger partial charge on any atom is 0.417 e. The van der Waals surface area contributed by atoms with Gasteiger partial charge in [0.05, 0.1) is 5.56 Å². The van der Waals surface area contributed by atoms with Crippen LogP contribution >= 0.6 is 0 Å². The van der Waals surface area contributed by atoms with Crippen molar-refractivity contribution in [1.29, 1.82) is 0 Å². The van der Waals surface area contributed by atoms with Crippen LogP contribution in [0.2, 0.25) is 0 Å². The number of hydrogen-bond acceptors (Lipinski definition) is 6. The summed E-state index contributed by atoms with van der Waals surface area (Å²) in [6, 6.07) is 13.0.